The Kier molecular flexibility index (Phi) is 8.42. The molecule has 38 heavy (non-hydrogen) atoms. The van der Waals surface area contributed by atoms with Gasteiger partial charge < -0.3 is 9.64 Å². The van der Waals surface area contributed by atoms with E-state index >= 15 is 0 Å². The van der Waals surface area contributed by atoms with Gasteiger partial charge in [-0.15, -0.1) is 0 Å². The van der Waals surface area contributed by atoms with E-state index in [0.29, 0.717) is 11.1 Å². The summed E-state index contributed by atoms with van der Waals surface area (Å²) in [5.41, 5.74) is 0.383. The summed E-state index contributed by atoms with van der Waals surface area (Å²) in [5, 5.41) is 0.529. The molecule has 2 aromatic heterocycles. The van der Waals surface area contributed by atoms with Crippen LogP contribution in [-0.2, 0) is 12.8 Å². The molecule has 3 aliphatic rings. The van der Waals surface area contributed by atoms with Gasteiger partial charge in [0, 0.05) is 49.6 Å². The molecule has 2 aromatic rings. The van der Waals surface area contributed by atoms with Crippen LogP contribution in [0.5, 0.6) is 5.19 Å². The number of hydrogen-bond acceptors (Lipinski definition) is 6. The Labute approximate surface area is 223 Å². The van der Waals surface area contributed by atoms with Crippen molar-refractivity contribution in [3.63, 3.8) is 0 Å². The third-order valence-electron chi connectivity index (χ3n) is 7.82. The van der Waals surface area contributed by atoms with E-state index in [4.69, 9.17) is 4.74 Å². The third kappa shape index (κ3) is 6.77. The van der Waals surface area contributed by atoms with E-state index in [1.807, 2.05) is 0 Å². The molecule has 1 aliphatic heterocycles. The van der Waals surface area contributed by atoms with Gasteiger partial charge in [-0.1, -0.05) is 11.3 Å². The summed E-state index contributed by atoms with van der Waals surface area (Å²) >= 11 is 1.50. The van der Waals surface area contributed by atoms with E-state index in [-0.39, 0.29) is 24.3 Å². The van der Waals surface area contributed by atoms with E-state index < -0.39 is 30.1 Å². The first kappa shape index (κ1) is 27.2. The van der Waals surface area contributed by atoms with Gasteiger partial charge in [-0.25, -0.2) is 27.5 Å². The Morgan fingerprint density at radius 3 is 2.71 bits per heavy atom. The van der Waals surface area contributed by atoms with E-state index in [1.54, 1.807) is 6.21 Å². The van der Waals surface area contributed by atoms with Gasteiger partial charge in [0.1, 0.15) is 11.8 Å². The second-order valence-corrected chi connectivity index (χ2v) is 11.6. The van der Waals surface area contributed by atoms with Crippen molar-refractivity contribution >= 4 is 23.5 Å². The Balaban J connectivity index is 1.02. The number of amides is 1. The van der Waals surface area contributed by atoms with Crippen molar-refractivity contribution in [2.75, 3.05) is 19.6 Å². The molecule has 11 heteroatoms. The molecule has 0 aromatic carbocycles. The lowest BCUT2D eigenvalue weighted by Crippen LogP contribution is -2.43. The van der Waals surface area contributed by atoms with E-state index in [0.717, 1.165) is 70.3 Å². The van der Waals surface area contributed by atoms with Gasteiger partial charge in [0.05, 0.1) is 11.3 Å². The van der Waals surface area contributed by atoms with Gasteiger partial charge in [-0.3, -0.25) is 9.78 Å². The van der Waals surface area contributed by atoms with E-state index in [1.165, 1.54) is 34.5 Å². The molecular formula is C27H32F4N4O2S. The third-order valence-corrected chi connectivity index (χ3v) is 8.87. The fraction of sp³-hybridized carbons (Fsp3) is 0.630. The number of rotatable bonds is 8. The first-order valence-corrected chi connectivity index (χ1v) is 14.1. The van der Waals surface area contributed by atoms with Gasteiger partial charge in [0.15, 0.2) is 0 Å². The van der Waals surface area contributed by atoms with E-state index in [2.05, 4.69) is 19.9 Å². The van der Waals surface area contributed by atoms with Gasteiger partial charge in [-0.2, -0.15) is 0 Å². The molecule has 5 rings (SSSR count). The first-order chi connectivity index (χ1) is 18.3. The summed E-state index contributed by atoms with van der Waals surface area (Å²) in [6.45, 7) is 2.90. The van der Waals surface area contributed by atoms with Crippen molar-refractivity contribution in [2.45, 2.75) is 76.2 Å². The number of aromatic nitrogens is 2. The lowest BCUT2D eigenvalue weighted by atomic mass is 9.81. The zero-order chi connectivity index (χ0) is 26.7. The van der Waals surface area contributed by atoms with Crippen molar-refractivity contribution in [2.24, 2.45) is 16.8 Å². The van der Waals surface area contributed by atoms with Crippen LogP contribution in [0.2, 0.25) is 0 Å². The average molecular weight is 553 g/mol. The maximum atomic E-state index is 13.1. The Hall–Kier alpha value is -2.40. The zero-order valence-corrected chi connectivity index (χ0v) is 21.9. The number of alkyl halides is 4. The quantitative estimate of drug-likeness (QED) is 0.290. The van der Waals surface area contributed by atoms with Crippen LogP contribution in [0.4, 0.5) is 17.6 Å². The van der Waals surface area contributed by atoms with E-state index in [9.17, 15) is 22.4 Å². The molecule has 206 valence electrons. The number of ether oxygens (including phenoxy) is 1. The molecular weight excluding hydrogens is 520 g/mol. The molecule has 0 N–H and O–H groups in total. The summed E-state index contributed by atoms with van der Waals surface area (Å²) in [5.74, 6) is -2.45. The number of nitrogens with zero attached hydrogens (tertiary/aromatic N) is 4. The van der Waals surface area contributed by atoms with Crippen molar-refractivity contribution in [1.29, 1.82) is 0 Å². The van der Waals surface area contributed by atoms with Crippen molar-refractivity contribution in [3.05, 3.63) is 40.2 Å². The minimum absolute atomic E-state index is 0.138. The maximum absolute atomic E-state index is 13.1. The van der Waals surface area contributed by atoms with Crippen LogP contribution in [0.25, 0.3) is 0 Å². The number of fused-ring (bicyclic) bond motifs is 1. The van der Waals surface area contributed by atoms with Gasteiger partial charge >= 0.3 is 0 Å². The van der Waals surface area contributed by atoms with Crippen molar-refractivity contribution < 1.29 is 27.1 Å². The fourth-order valence-corrected chi connectivity index (χ4v) is 6.51. The number of thiazole rings is 1. The number of carbonyl (C=O) groups is 1. The topological polar surface area (TPSA) is 67.7 Å². The summed E-state index contributed by atoms with van der Waals surface area (Å²) in [6.07, 6.45) is 6.07. The van der Waals surface area contributed by atoms with Gasteiger partial charge in [-0.05, 0) is 69.0 Å². The Morgan fingerprint density at radius 2 is 1.97 bits per heavy atom. The average Bonchev–Trinajstić information content (AvgIpc) is 3.17. The highest BCUT2D eigenvalue weighted by atomic mass is 32.1. The molecule has 3 heterocycles. The maximum Gasteiger partial charge on any atom is 0.281 e. The number of pyridine rings is 1. The number of carbonyl (C=O) groups excluding carboxylic acids is 1. The second kappa shape index (κ2) is 11.8. The Morgan fingerprint density at radius 1 is 1.21 bits per heavy atom. The first-order valence-electron chi connectivity index (χ1n) is 13.3. The highest BCUT2D eigenvalue weighted by Gasteiger charge is 2.47. The second-order valence-electron chi connectivity index (χ2n) is 10.6. The zero-order valence-electron chi connectivity index (χ0n) is 21.1. The predicted molar refractivity (Wildman–Crippen MR) is 137 cm³/mol. The van der Waals surface area contributed by atoms with Gasteiger partial charge in [0.2, 0.25) is 0 Å². The largest absolute Gasteiger partial charge is 0.466 e. The summed E-state index contributed by atoms with van der Waals surface area (Å²) < 4.78 is 58.0. The van der Waals surface area contributed by atoms with Crippen LogP contribution in [-0.4, -0.2) is 58.7 Å². The monoisotopic (exact) mass is 552 g/mol. The lowest BCUT2D eigenvalue weighted by Gasteiger charge is -2.33. The smallest absolute Gasteiger partial charge is 0.281 e. The van der Waals surface area contributed by atoms with Crippen LogP contribution in [0.3, 0.4) is 0 Å². The van der Waals surface area contributed by atoms with Crippen molar-refractivity contribution in [3.8, 4) is 5.19 Å². The van der Waals surface area contributed by atoms with Crippen LogP contribution in [0.1, 0.15) is 78.0 Å². The van der Waals surface area contributed by atoms with Crippen LogP contribution in [0, 0.1) is 11.8 Å². The molecule has 0 bridgehead atoms. The minimum atomic E-state index is -2.81. The molecule has 0 atom stereocenters. The summed E-state index contributed by atoms with van der Waals surface area (Å²) in [6, 6.07) is 2.81. The summed E-state index contributed by atoms with van der Waals surface area (Å²) in [4.78, 5) is 28.2. The Bertz CT molecular complexity index is 1120. The van der Waals surface area contributed by atoms with Crippen LogP contribution in [0.15, 0.2) is 23.3 Å². The molecule has 2 aliphatic carbocycles. The highest BCUT2D eigenvalue weighted by molar-refractivity contribution is 7.13. The van der Waals surface area contributed by atoms with Crippen LogP contribution < -0.4 is 4.74 Å². The summed E-state index contributed by atoms with van der Waals surface area (Å²) in [7, 11) is 0. The molecule has 0 spiro atoms. The minimum Gasteiger partial charge on any atom is -0.466 e. The predicted octanol–water partition coefficient (Wildman–Crippen LogP) is 6.16. The molecule has 6 nitrogen and oxygen atoms in total. The number of hydrogen-bond donors (Lipinski definition) is 0. The lowest BCUT2D eigenvalue weighted by molar-refractivity contribution is -0.134. The normalized spacial score (nSPS) is 24.2. The molecule has 1 amide bonds. The SMILES string of the molecule is O=C(N=CC1CCC(CCN2CCc3nc(OC4CC(F)(F)C4)sc3CC2)CC1)c1cccnc1C(F)F. The molecule has 2 saturated carbocycles. The fourth-order valence-electron chi connectivity index (χ4n) is 5.50. The van der Waals surface area contributed by atoms with Crippen LogP contribution >= 0.6 is 11.3 Å². The number of halogens is 4. The molecule has 0 unspecified atom stereocenters. The molecule has 0 saturated heterocycles. The molecule has 0 radical (unpaired) electrons. The van der Waals surface area contributed by atoms with Gasteiger partial charge in [0.25, 0.3) is 23.4 Å². The van der Waals surface area contributed by atoms with Crippen molar-refractivity contribution in [1.82, 2.24) is 14.9 Å². The highest BCUT2D eigenvalue weighted by Crippen LogP contribution is 2.41. The number of aliphatic imine (C=N–C) groups is 1. The molecule has 2 fully saturated rings. The standard InChI is InChI=1S/C27H32F4N4O2S/c28-24(29)23-20(2-1-10-32-23)25(36)33-16-18-5-3-17(4-6-18)7-11-35-12-8-21-22(9-13-35)38-26(34-21)37-19-14-27(30,31)15-19/h1-2,10,16-19,24H,3-9,11-15H2.